The maximum Gasteiger partial charge on any atom is 0.170 e. The van der Waals surface area contributed by atoms with Crippen LogP contribution in [0.5, 0.6) is 0 Å². The summed E-state index contributed by atoms with van der Waals surface area (Å²) in [6.07, 6.45) is 8.64. The van der Waals surface area contributed by atoms with E-state index < -0.39 is 11.6 Å². The summed E-state index contributed by atoms with van der Waals surface area (Å²) in [4.78, 5) is 0. The number of hydrogen-bond acceptors (Lipinski definition) is 1. The van der Waals surface area contributed by atoms with Crippen LogP contribution in [0.4, 0.5) is 14.5 Å². The second kappa shape index (κ2) is 10.5. The number of hydrogen-bond donors (Lipinski definition) is 2. The van der Waals surface area contributed by atoms with Crippen molar-refractivity contribution in [3.63, 3.8) is 0 Å². The minimum atomic E-state index is -0.643. The van der Waals surface area contributed by atoms with E-state index in [2.05, 4.69) is 17.6 Å². The summed E-state index contributed by atoms with van der Waals surface area (Å²) >= 11 is 5.08. The van der Waals surface area contributed by atoms with E-state index in [1.165, 1.54) is 50.7 Å². The first-order chi connectivity index (χ1) is 10.1. The molecule has 0 saturated carbocycles. The maximum atomic E-state index is 13.4. The molecule has 0 fully saturated rings. The van der Waals surface area contributed by atoms with Gasteiger partial charge in [0.1, 0.15) is 11.6 Å². The molecule has 1 aromatic carbocycles. The third-order valence-electron chi connectivity index (χ3n) is 3.25. The summed E-state index contributed by atoms with van der Waals surface area (Å²) < 4.78 is 26.2. The number of anilines is 1. The molecule has 0 aliphatic rings. The first-order valence-electron chi connectivity index (χ1n) is 7.63. The Bertz CT molecular complexity index is 438. The molecular formula is C16H24F2N2S. The molecular weight excluding hydrogens is 290 g/mol. The van der Waals surface area contributed by atoms with Gasteiger partial charge in [0.05, 0.1) is 5.69 Å². The van der Waals surface area contributed by atoms with Gasteiger partial charge in [-0.3, -0.25) is 0 Å². The minimum absolute atomic E-state index is 0.188. The zero-order chi connectivity index (χ0) is 15.5. The monoisotopic (exact) mass is 314 g/mol. The first kappa shape index (κ1) is 17.8. The molecule has 0 aromatic heterocycles. The molecule has 0 aliphatic heterocycles. The predicted molar refractivity (Wildman–Crippen MR) is 88.6 cm³/mol. The van der Waals surface area contributed by atoms with Gasteiger partial charge in [0.15, 0.2) is 5.11 Å². The molecule has 0 bridgehead atoms. The van der Waals surface area contributed by atoms with Gasteiger partial charge >= 0.3 is 0 Å². The highest BCUT2D eigenvalue weighted by molar-refractivity contribution is 7.80. The Morgan fingerprint density at radius 1 is 1.05 bits per heavy atom. The summed E-state index contributed by atoms with van der Waals surface area (Å²) in [5, 5.41) is 6.14. The third-order valence-corrected chi connectivity index (χ3v) is 3.49. The molecule has 2 N–H and O–H groups in total. The van der Waals surface area contributed by atoms with Crippen LogP contribution in [0.2, 0.25) is 0 Å². The number of halogens is 2. The third kappa shape index (κ3) is 7.95. The number of benzene rings is 1. The molecule has 0 spiro atoms. The van der Waals surface area contributed by atoms with Crippen molar-refractivity contribution in [1.82, 2.24) is 5.32 Å². The lowest BCUT2D eigenvalue weighted by Crippen LogP contribution is -2.29. The molecule has 118 valence electrons. The highest BCUT2D eigenvalue weighted by atomic mass is 32.1. The molecule has 0 saturated heterocycles. The molecule has 0 heterocycles. The van der Waals surface area contributed by atoms with E-state index in [4.69, 9.17) is 12.2 Å². The lowest BCUT2D eigenvalue weighted by Gasteiger charge is -2.11. The first-order valence-corrected chi connectivity index (χ1v) is 8.04. The molecule has 2 nitrogen and oxygen atoms in total. The molecule has 1 rings (SSSR count). The Hall–Kier alpha value is -1.23. The van der Waals surface area contributed by atoms with Crippen molar-refractivity contribution in [1.29, 1.82) is 0 Å². The average Bonchev–Trinajstić information content (AvgIpc) is 2.45. The van der Waals surface area contributed by atoms with Crippen molar-refractivity contribution < 1.29 is 8.78 Å². The van der Waals surface area contributed by atoms with Crippen LogP contribution in [0.15, 0.2) is 18.2 Å². The van der Waals surface area contributed by atoms with Gasteiger partial charge in [-0.2, -0.15) is 0 Å². The fourth-order valence-electron chi connectivity index (χ4n) is 2.04. The Morgan fingerprint density at radius 3 is 2.38 bits per heavy atom. The molecule has 0 aliphatic carbocycles. The van der Waals surface area contributed by atoms with Crippen LogP contribution in [0.25, 0.3) is 0 Å². The molecule has 1 aromatic rings. The topological polar surface area (TPSA) is 24.1 Å². The summed E-state index contributed by atoms with van der Waals surface area (Å²) in [6, 6.07) is 3.37. The van der Waals surface area contributed by atoms with Gasteiger partial charge < -0.3 is 10.6 Å². The Kier molecular flexibility index (Phi) is 8.90. The lowest BCUT2D eigenvalue weighted by molar-refractivity contribution is 0.584. The Balaban J connectivity index is 2.11. The summed E-state index contributed by atoms with van der Waals surface area (Å²) in [5.41, 5.74) is 0.188. The van der Waals surface area contributed by atoms with Crippen molar-refractivity contribution in [2.24, 2.45) is 0 Å². The van der Waals surface area contributed by atoms with Crippen molar-refractivity contribution in [2.45, 2.75) is 51.9 Å². The van der Waals surface area contributed by atoms with Crippen LogP contribution in [-0.2, 0) is 0 Å². The molecule has 0 unspecified atom stereocenters. The van der Waals surface area contributed by atoms with Crippen molar-refractivity contribution in [3.05, 3.63) is 29.8 Å². The van der Waals surface area contributed by atoms with E-state index in [0.717, 1.165) is 19.0 Å². The number of thiocarbonyl (C=S) groups is 1. The van der Waals surface area contributed by atoms with Crippen LogP contribution in [0.1, 0.15) is 51.9 Å². The van der Waals surface area contributed by atoms with Crippen molar-refractivity contribution in [3.8, 4) is 0 Å². The fraction of sp³-hybridized carbons (Fsp3) is 0.562. The van der Waals surface area contributed by atoms with Crippen molar-refractivity contribution in [2.75, 3.05) is 11.9 Å². The lowest BCUT2D eigenvalue weighted by atomic mass is 10.1. The van der Waals surface area contributed by atoms with Crippen LogP contribution in [-0.4, -0.2) is 11.7 Å². The van der Waals surface area contributed by atoms with Gasteiger partial charge in [0, 0.05) is 12.6 Å². The zero-order valence-corrected chi connectivity index (χ0v) is 13.4. The predicted octanol–water partition coefficient (Wildman–Crippen LogP) is 5.00. The van der Waals surface area contributed by atoms with Crippen LogP contribution >= 0.6 is 12.2 Å². The summed E-state index contributed by atoms with van der Waals surface area (Å²) in [6.45, 7) is 2.98. The molecule has 5 heteroatoms. The standard InChI is InChI=1S/C16H24F2N2S/c1-2-3-4-5-6-7-8-11-19-16(21)20-15-10-9-13(17)12-14(15)18/h9-10,12H,2-8,11H2,1H3,(H2,19,20,21). The van der Waals surface area contributed by atoms with E-state index >= 15 is 0 Å². The molecule has 0 radical (unpaired) electrons. The second-order valence-electron chi connectivity index (χ2n) is 5.13. The Morgan fingerprint density at radius 2 is 1.71 bits per heavy atom. The second-order valence-corrected chi connectivity index (χ2v) is 5.53. The van der Waals surface area contributed by atoms with Gasteiger partial charge in [0.2, 0.25) is 0 Å². The molecule has 21 heavy (non-hydrogen) atoms. The average molecular weight is 314 g/mol. The minimum Gasteiger partial charge on any atom is -0.362 e. The highest BCUT2D eigenvalue weighted by Gasteiger charge is 2.04. The molecule has 0 amide bonds. The van der Waals surface area contributed by atoms with Crippen LogP contribution in [0, 0.1) is 11.6 Å². The van der Waals surface area contributed by atoms with E-state index in [1.807, 2.05) is 0 Å². The van der Waals surface area contributed by atoms with Crippen molar-refractivity contribution >= 4 is 23.0 Å². The van der Waals surface area contributed by atoms with E-state index in [0.29, 0.717) is 5.11 Å². The van der Waals surface area contributed by atoms with Gasteiger partial charge in [-0.1, -0.05) is 45.4 Å². The van der Waals surface area contributed by atoms with Crippen LogP contribution in [0.3, 0.4) is 0 Å². The van der Waals surface area contributed by atoms with Gasteiger partial charge in [-0.15, -0.1) is 0 Å². The summed E-state index contributed by atoms with van der Waals surface area (Å²) in [5.74, 6) is -1.24. The zero-order valence-electron chi connectivity index (χ0n) is 12.6. The quantitative estimate of drug-likeness (QED) is 0.495. The van der Waals surface area contributed by atoms with E-state index in [-0.39, 0.29) is 5.69 Å². The van der Waals surface area contributed by atoms with Crippen LogP contribution < -0.4 is 10.6 Å². The molecule has 0 atom stereocenters. The number of nitrogens with one attached hydrogen (secondary N) is 2. The maximum absolute atomic E-state index is 13.4. The van der Waals surface area contributed by atoms with Gasteiger partial charge in [-0.25, -0.2) is 8.78 Å². The van der Waals surface area contributed by atoms with E-state index in [9.17, 15) is 8.78 Å². The smallest absolute Gasteiger partial charge is 0.170 e. The van der Waals surface area contributed by atoms with E-state index in [1.54, 1.807) is 0 Å². The van der Waals surface area contributed by atoms with Gasteiger partial charge in [0.25, 0.3) is 0 Å². The SMILES string of the molecule is CCCCCCCCCNC(=S)Nc1ccc(F)cc1F. The number of rotatable bonds is 9. The normalized spacial score (nSPS) is 10.4. The fourth-order valence-corrected chi connectivity index (χ4v) is 2.25. The summed E-state index contributed by atoms with van der Waals surface area (Å²) in [7, 11) is 0. The largest absolute Gasteiger partial charge is 0.362 e. The number of unbranched alkanes of at least 4 members (excludes halogenated alkanes) is 6. The highest BCUT2D eigenvalue weighted by Crippen LogP contribution is 2.14. The van der Waals surface area contributed by atoms with Gasteiger partial charge in [-0.05, 0) is 30.8 Å². The Labute approximate surface area is 131 Å².